The van der Waals surface area contributed by atoms with Crippen LogP contribution in [0.1, 0.15) is 26.5 Å². The molecule has 1 radical (unpaired) electrons. The summed E-state index contributed by atoms with van der Waals surface area (Å²) in [6.07, 6.45) is 3.54. The quantitative estimate of drug-likeness (QED) is 0.131. The maximum atomic E-state index is 12.8. The van der Waals surface area contributed by atoms with Crippen molar-refractivity contribution in [3.8, 4) is 22.5 Å². The first kappa shape index (κ1) is 33.4. The molecule has 0 spiro atoms. The van der Waals surface area contributed by atoms with Crippen LogP contribution in [-0.4, -0.2) is 23.0 Å². The molecule has 4 aromatic carbocycles. The van der Waals surface area contributed by atoms with Gasteiger partial charge in [0.05, 0.1) is 13.7 Å². The molecule has 0 bridgehead atoms. The van der Waals surface area contributed by atoms with Crippen LogP contribution in [0.15, 0.2) is 106 Å². The Balaban J connectivity index is 0.000000191. The zero-order valence-electron chi connectivity index (χ0n) is 27.6. The summed E-state index contributed by atoms with van der Waals surface area (Å²) < 4.78 is 25.4. The first-order chi connectivity index (χ1) is 22.5. The molecule has 0 amide bonds. The van der Waals surface area contributed by atoms with Crippen LogP contribution < -0.4 is 5.19 Å². The Labute approximate surface area is 293 Å². The molecule has 0 saturated carbocycles. The second-order valence-electron chi connectivity index (χ2n) is 13.8. The number of fused-ring (bicyclic) bond motifs is 7. The summed E-state index contributed by atoms with van der Waals surface area (Å²) in [7, 11) is -1.30. The summed E-state index contributed by atoms with van der Waals surface area (Å²) in [5.41, 5.74) is 7.37. The smallest absolute Gasteiger partial charge is 0.177 e. The van der Waals surface area contributed by atoms with Gasteiger partial charge in [-0.25, -0.2) is 4.98 Å². The Bertz CT molecular complexity index is 2390. The Morgan fingerprint density at radius 1 is 0.708 bits per heavy atom. The molecule has 0 fully saturated rings. The van der Waals surface area contributed by atoms with Crippen molar-refractivity contribution in [1.29, 1.82) is 0 Å². The minimum atomic E-state index is -1.30. The molecule has 4 aromatic heterocycles. The number of halogens is 1. The van der Waals surface area contributed by atoms with Gasteiger partial charge in [-0.1, -0.05) is 93.8 Å². The monoisotopic (exact) mass is 828 g/mol. The predicted octanol–water partition coefficient (Wildman–Crippen LogP) is 10.3. The second kappa shape index (κ2) is 12.8. The molecule has 48 heavy (non-hydrogen) atoms. The van der Waals surface area contributed by atoms with Crippen molar-refractivity contribution >= 4 is 57.1 Å². The summed E-state index contributed by atoms with van der Waals surface area (Å²) in [6.45, 7) is 13.3. The first-order valence-corrected chi connectivity index (χ1v) is 19.1. The number of aromatic nitrogens is 3. The van der Waals surface area contributed by atoms with Crippen molar-refractivity contribution in [3.63, 3.8) is 0 Å². The number of nitrogens with zero attached hydrogens (tertiary/aromatic N) is 3. The van der Waals surface area contributed by atoms with Crippen molar-refractivity contribution in [2.45, 2.75) is 45.8 Å². The molecular weight excluding hydrogens is 794 g/mol. The van der Waals surface area contributed by atoms with Gasteiger partial charge in [0, 0.05) is 59.4 Å². The van der Waals surface area contributed by atoms with Crippen LogP contribution in [0.5, 0.6) is 0 Å². The van der Waals surface area contributed by atoms with E-state index in [-0.39, 0.29) is 31.3 Å². The number of furan rings is 2. The van der Waals surface area contributed by atoms with Crippen LogP contribution in [0.3, 0.4) is 0 Å². The molecule has 0 aliphatic heterocycles. The zero-order chi connectivity index (χ0) is 32.9. The van der Waals surface area contributed by atoms with Gasteiger partial charge in [0.1, 0.15) is 11.9 Å². The van der Waals surface area contributed by atoms with Crippen LogP contribution >= 0.6 is 0 Å². The molecule has 0 aliphatic rings. The average Bonchev–Trinajstić information content (AvgIpc) is 3.64. The van der Waals surface area contributed by atoms with Gasteiger partial charge in [0.15, 0.2) is 11.2 Å². The SMILES string of the molecule is CC(C)(C)c1cc(-c2[c-]ccc3c2oc2c3ccc3c4ccccc4oc32)ncn1.C[Si](C)(C)c1ccc(-c2[c-]cc(F)cc2)nc1.[Ir]. The van der Waals surface area contributed by atoms with E-state index < -0.39 is 8.07 Å². The third kappa shape index (κ3) is 6.36. The van der Waals surface area contributed by atoms with Gasteiger partial charge in [-0.3, -0.25) is 9.37 Å². The summed E-state index contributed by atoms with van der Waals surface area (Å²) in [5, 5.41) is 5.52. The fourth-order valence-electron chi connectivity index (χ4n) is 5.64. The number of hydrogen-bond donors (Lipinski definition) is 0. The molecule has 8 aromatic rings. The van der Waals surface area contributed by atoms with E-state index in [9.17, 15) is 4.39 Å². The van der Waals surface area contributed by atoms with Crippen LogP contribution in [-0.2, 0) is 25.5 Å². The summed E-state index contributed by atoms with van der Waals surface area (Å²) in [5.74, 6) is -0.271. The van der Waals surface area contributed by atoms with Gasteiger partial charge < -0.3 is 13.8 Å². The van der Waals surface area contributed by atoms with Crippen molar-refractivity contribution in [2.24, 2.45) is 0 Å². The normalized spacial score (nSPS) is 11.9. The van der Waals surface area contributed by atoms with Gasteiger partial charge in [-0.05, 0) is 28.7 Å². The average molecular weight is 828 g/mol. The topological polar surface area (TPSA) is 65.0 Å². The molecule has 243 valence electrons. The van der Waals surface area contributed by atoms with Crippen molar-refractivity contribution in [3.05, 3.63) is 121 Å². The van der Waals surface area contributed by atoms with E-state index in [2.05, 4.69) is 91.8 Å². The summed E-state index contributed by atoms with van der Waals surface area (Å²) >= 11 is 0. The molecule has 0 aliphatic carbocycles. The number of benzene rings is 4. The number of hydrogen-bond acceptors (Lipinski definition) is 5. The van der Waals surface area contributed by atoms with E-state index in [0.29, 0.717) is 0 Å². The van der Waals surface area contributed by atoms with E-state index in [1.807, 2.05) is 48.7 Å². The number of para-hydroxylation sites is 1. The third-order valence-corrected chi connectivity index (χ3v) is 10.3. The van der Waals surface area contributed by atoms with Crippen LogP contribution in [0.25, 0.3) is 66.4 Å². The molecule has 4 heterocycles. The van der Waals surface area contributed by atoms with Crippen LogP contribution in [0.4, 0.5) is 4.39 Å². The van der Waals surface area contributed by atoms with E-state index in [1.165, 1.54) is 17.3 Å². The molecule has 0 saturated heterocycles. The fourth-order valence-corrected chi connectivity index (χ4v) is 6.67. The zero-order valence-corrected chi connectivity index (χ0v) is 31.0. The van der Waals surface area contributed by atoms with Crippen molar-refractivity contribution < 1.29 is 33.3 Å². The van der Waals surface area contributed by atoms with E-state index in [1.54, 1.807) is 12.4 Å². The molecule has 0 N–H and O–H groups in total. The second-order valence-corrected chi connectivity index (χ2v) is 18.8. The fraction of sp³-hybridized carbons (Fsp3) is 0.175. The Hall–Kier alpha value is -4.49. The van der Waals surface area contributed by atoms with Crippen molar-refractivity contribution in [1.82, 2.24) is 15.0 Å². The molecular formula is C40H34FIrN3O2Si-2. The predicted molar refractivity (Wildman–Crippen MR) is 191 cm³/mol. The van der Waals surface area contributed by atoms with Gasteiger partial charge >= 0.3 is 0 Å². The minimum absolute atomic E-state index is 0. The van der Waals surface area contributed by atoms with Gasteiger partial charge in [0.25, 0.3) is 0 Å². The molecule has 5 nitrogen and oxygen atoms in total. The van der Waals surface area contributed by atoms with Gasteiger partial charge in [0.2, 0.25) is 0 Å². The molecule has 8 rings (SSSR count). The van der Waals surface area contributed by atoms with Crippen LogP contribution in [0, 0.1) is 17.9 Å². The van der Waals surface area contributed by atoms with E-state index in [0.717, 1.165) is 72.1 Å². The van der Waals surface area contributed by atoms with Crippen LogP contribution in [0.2, 0.25) is 19.6 Å². The first-order valence-electron chi connectivity index (χ1n) is 15.6. The maximum Gasteiger partial charge on any atom is 0.177 e. The maximum absolute atomic E-state index is 12.8. The minimum Gasteiger partial charge on any atom is -0.497 e. The van der Waals surface area contributed by atoms with E-state index in [4.69, 9.17) is 8.83 Å². The standard InChI is InChI=1S/C26H19N2O2.C14H15FNSi.Ir/c1-26(2,3)22-13-20(27-14-28-22)19-9-6-8-16-18-12-11-17-15-7-4-5-10-21(15)29-24(17)25(18)30-23(16)19;1-17(2,3)13-8-9-14(16-10-13)11-4-6-12(15)7-5-11;/h4-8,10-14H,1-3H3;4,6-10H,1-3H3;/q2*-1;. The summed E-state index contributed by atoms with van der Waals surface area (Å²) in [4.78, 5) is 13.4. The number of pyridine rings is 1. The molecule has 0 unspecified atom stereocenters. The Morgan fingerprint density at radius 2 is 1.44 bits per heavy atom. The van der Waals surface area contributed by atoms with Crippen molar-refractivity contribution in [2.75, 3.05) is 0 Å². The third-order valence-electron chi connectivity index (χ3n) is 8.32. The van der Waals surface area contributed by atoms with Gasteiger partial charge in [-0.2, -0.15) is 0 Å². The summed E-state index contributed by atoms with van der Waals surface area (Å²) in [6, 6.07) is 33.0. The van der Waals surface area contributed by atoms with E-state index >= 15 is 0 Å². The Morgan fingerprint density at radius 3 is 2.12 bits per heavy atom. The largest absolute Gasteiger partial charge is 0.497 e. The Kier molecular flexibility index (Phi) is 8.94. The van der Waals surface area contributed by atoms with Gasteiger partial charge in [-0.15, -0.1) is 48.0 Å². The molecule has 0 atom stereocenters. The molecule has 8 heteroatoms. The number of rotatable bonds is 3.